The zero-order valence-corrected chi connectivity index (χ0v) is 20.8. The molecule has 35 heavy (non-hydrogen) atoms. The fraction of sp³-hybridized carbons (Fsp3) is 0.143. The SMILES string of the molecule is C1=Cc2cc3ccc(cc4nc(cc5ccc(cc1n2)[nH]5)C=C4)[nH]3.CC(C)(C)c1cnccn1.[Co]. The Kier molecular flexibility index (Phi) is 7.09. The Hall–Kier alpha value is -3.81. The molecule has 7 heteroatoms. The molecule has 0 aromatic carbocycles. The number of rotatable bonds is 0. The zero-order chi connectivity index (χ0) is 23.5. The molecule has 177 valence electrons. The number of nitrogens with one attached hydrogen (secondary N) is 2. The Morgan fingerprint density at radius 1 is 0.600 bits per heavy atom. The molecule has 8 bridgehead atoms. The number of hydrogen-bond acceptors (Lipinski definition) is 4. The van der Waals surface area contributed by atoms with Gasteiger partial charge < -0.3 is 9.97 Å². The maximum Gasteiger partial charge on any atom is 0.0658 e. The van der Waals surface area contributed by atoms with Gasteiger partial charge in [0.05, 0.1) is 28.5 Å². The van der Waals surface area contributed by atoms with Crippen LogP contribution >= 0.6 is 0 Å². The Labute approximate surface area is 214 Å². The second-order valence-corrected chi connectivity index (χ2v) is 9.25. The molecule has 4 aromatic rings. The van der Waals surface area contributed by atoms with Gasteiger partial charge in [-0.3, -0.25) is 9.97 Å². The predicted octanol–water partition coefficient (Wildman–Crippen LogP) is 6.43. The van der Waals surface area contributed by atoms with E-state index in [9.17, 15) is 0 Å². The number of aromatic amines is 2. The third-order valence-corrected chi connectivity index (χ3v) is 5.37. The predicted molar refractivity (Wildman–Crippen MR) is 140 cm³/mol. The van der Waals surface area contributed by atoms with Crippen LogP contribution < -0.4 is 0 Å². The van der Waals surface area contributed by atoms with Gasteiger partial charge in [-0.05, 0) is 72.8 Å². The first-order chi connectivity index (χ1) is 16.4. The molecule has 4 aromatic heterocycles. The molecule has 0 aliphatic carbocycles. The van der Waals surface area contributed by atoms with Crippen molar-refractivity contribution in [2.24, 2.45) is 0 Å². The van der Waals surface area contributed by atoms with E-state index in [2.05, 4.69) is 74.9 Å². The van der Waals surface area contributed by atoms with Gasteiger partial charge in [0.25, 0.3) is 0 Å². The van der Waals surface area contributed by atoms with Gasteiger partial charge in [-0.15, -0.1) is 0 Å². The van der Waals surface area contributed by atoms with E-state index in [-0.39, 0.29) is 22.2 Å². The average Bonchev–Trinajstić information content (AvgIpc) is 3.60. The zero-order valence-electron chi connectivity index (χ0n) is 19.8. The Balaban J connectivity index is 0.000000224. The number of hydrogen-bond donors (Lipinski definition) is 2. The fourth-order valence-corrected chi connectivity index (χ4v) is 3.63. The summed E-state index contributed by atoms with van der Waals surface area (Å²) in [6, 6.07) is 16.4. The summed E-state index contributed by atoms with van der Waals surface area (Å²) in [7, 11) is 0. The van der Waals surface area contributed by atoms with Crippen LogP contribution in [0.3, 0.4) is 0 Å². The van der Waals surface area contributed by atoms with Gasteiger partial charge in [0.15, 0.2) is 0 Å². The number of nitrogens with zero attached hydrogens (tertiary/aromatic N) is 4. The maximum atomic E-state index is 4.63. The van der Waals surface area contributed by atoms with Crippen LogP contribution in [0.4, 0.5) is 0 Å². The summed E-state index contributed by atoms with van der Waals surface area (Å²) >= 11 is 0. The van der Waals surface area contributed by atoms with E-state index in [1.807, 2.05) is 48.6 Å². The van der Waals surface area contributed by atoms with Crippen LogP contribution in [-0.2, 0) is 22.2 Å². The Morgan fingerprint density at radius 2 is 1.00 bits per heavy atom. The molecule has 6 heterocycles. The Morgan fingerprint density at radius 3 is 1.29 bits per heavy atom. The summed E-state index contributed by atoms with van der Waals surface area (Å²) in [5.74, 6) is 0. The summed E-state index contributed by atoms with van der Waals surface area (Å²) in [6.07, 6.45) is 13.3. The van der Waals surface area contributed by atoms with Crippen LogP contribution in [-0.4, -0.2) is 29.9 Å². The minimum atomic E-state index is 0. The van der Waals surface area contributed by atoms with Crippen molar-refractivity contribution >= 4 is 46.4 Å². The van der Waals surface area contributed by atoms with Crippen LogP contribution in [0.5, 0.6) is 0 Å². The molecule has 6 nitrogen and oxygen atoms in total. The molecular weight excluding hydrogens is 479 g/mol. The van der Waals surface area contributed by atoms with Gasteiger partial charge in [-0.1, -0.05) is 20.8 Å². The topological polar surface area (TPSA) is 83.1 Å². The van der Waals surface area contributed by atoms with Gasteiger partial charge in [-0.25, -0.2) is 9.97 Å². The second-order valence-electron chi connectivity index (χ2n) is 9.25. The number of H-pyrrole nitrogens is 2. The molecule has 0 unspecified atom stereocenters. The normalized spacial score (nSPS) is 12.0. The van der Waals surface area contributed by atoms with Crippen LogP contribution in [0.25, 0.3) is 46.4 Å². The monoisotopic (exact) mass is 505 g/mol. The van der Waals surface area contributed by atoms with E-state index < -0.39 is 0 Å². The van der Waals surface area contributed by atoms with Gasteiger partial charge in [0.2, 0.25) is 0 Å². The third-order valence-electron chi connectivity index (χ3n) is 5.37. The van der Waals surface area contributed by atoms with Crippen molar-refractivity contribution < 1.29 is 16.8 Å². The smallest absolute Gasteiger partial charge is 0.0658 e. The maximum absolute atomic E-state index is 4.63. The number of fused-ring (bicyclic) bond motifs is 8. The van der Waals surface area contributed by atoms with Gasteiger partial charge >= 0.3 is 0 Å². The van der Waals surface area contributed by atoms with Crippen molar-refractivity contribution in [3.63, 3.8) is 0 Å². The molecule has 2 N–H and O–H groups in total. The van der Waals surface area contributed by atoms with Crippen molar-refractivity contribution in [3.8, 4) is 0 Å². The minimum Gasteiger partial charge on any atom is -0.355 e. The second kappa shape index (κ2) is 10.2. The molecule has 0 saturated heterocycles. The molecule has 2 aliphatic rings. The molecule has 0 amide bonds. The van der Waals surface area contributed by atoms with Crippen molar-refractivity contribution in [1.82, 2.24) is 29.9 Å². The van der Waals surface area contributed by atoms with Crippen LogP contribution in [0.15, 0.2) is 67.1 Å². The first kappa shape index (κ1) is 24.3. The molecule has 6 rings (SSSR count). The van der Waals surface area contributed by atoms with Gasteiger partial charge in [0, 0.05) is 62.9 Å². The molecule has 0 saturated carbocycles. The molecule has 2 aliphatic heterocycles. The quantitative estimate of drug-likeness (QED) is 0.249. The summed E-state index contributed by atoms with van der Waals surface area (Å²) in [5, 5.41) is 0. The average molecular weight is 505 g/mol. The third kappa shape index (κ3) is 6.20. The van der Waals surface area contributed by atoms with E-state index in [4.69, 9.17) is 0 Å². The van der Waals surface area contributed by atoms with Crippen molar-refractivity contribution in [2.45, 2.75) is 26.2 Å². The van der Waals surface area contributed by atoms with Crippen LogP contribution in [0.2, 0.25) is 0 Å². The van der Waals surface area contributed by atoms with Crippen molar-refractivity contribution in [2.75, 3.05) is 0 Å². The standard InChI is InChI=1S/C20H14N4.C8H12N2.Co/c1-2-14-10-16-5-6-18(23-16)12-20-8-7-19(24-20)11-17-4-3-15(22-17)9-13(1)21-14;1-8(2,3)7-6-9-4-5-10-7;/h1-12,21,24H;4-6H,1-3H3;. The summed E-state index contributed by atoms with van der Waals surface area (Å²) in [6.45, 7) is 6.37. The molecule has 0 spiro atoms. The number of aromatic nitrogens is 6. The van der Waals surface area contributed by atoms with Crippen molar-refractivity contribution in [3.05, 3.63) is 95.6 Å². The molecule has 0 fully saturated rings. The van der Waals surface area contributed by atoms with E-state index in [0.29, 0.717) is 0 Å². The van der Waals surface area contributed by atoms with E-state index in [1.54, 1.807) is 18.6 Å². The van der Waals surface area contributed by atoms with Gasteiger partial charge in [0.1, 0.15) is 0 Å². The largest absolute Gasteiger partial charge is 0.355 e. The molecule has 0 atom stereocenters. The van der Waals surface area contributed by atoms with E-state index in [0.717, 1.165) is 50.5 Å². The molecular formula is C28H26CoN6. The van der Waals surface area contributed by atoms with Crippen LogP contribution in [0, 0.1) is 0 Å². The van der Waals surface area contributed by atoms with Crippen molar-refractivity contribution in [1.29, 1.82) is 0 Å². The minimum absolute atomic E-state index is 0. The molecule has 1 radical (unpaired) electrons. The summed E-state index contributed by atoms with van der Waals surface area (Å²) in [5.41, 5.74) is 9.02. The Bertz CT molecular complexity index is 1360. The summed E-state index contributed by atoms with van der Waals surface area (Å²) < 4.78 is 0. The fourth-order valence-electron chi connectivity index (χ4n) is 3.63. The van der Waals surface area contributed by atoms with E-state index in [1.165, 1.54) is 0 Å². The first-order valence-electron chi connectivity index (χ1n) is 11.2. The van der Waals surface area contributed by atoms with Gasteiger partial charge in [-0.2, -0.15) is 0 Å². The van der Waals surface area contributed by atoms with Crippen LogP contribution in [0.1, 0.15) is 49.2 Å². The summed E-state index contributed by atoms with van der Waals surface area (Å²) in [4.78, 5) is 24.2. The first-order valence-corrected chi connectivity index (χ1v) is 11.2. The van der Waals surface area contributed by atoms with E-state index >= 15 is 0 Å².